The summed E-state index contributed by atoms with van der Waals surface area (Å²) < 4.78 is 40.8. The van der Waals surface area contributed by atoms with Gasteiger partial charge in [0, 0.05) is 12.5 Å². The van der Waals surface area contributed by atoms with Crippen molar-refractivity contribution in [1.82, 2.24) is 0 Å². The number of rotatable bonds is 2. The lowest BCUT2D eigenvalue weighted by Crippen LogP contribution is -2.06. The van der Waals surface area contributed by atoms with Crippen LogP contribution in [0.1, 0.15) is 0 Å². The quantitative estimate of drug-likeness (QED) is 0.545. The Labute approximate surface area is 54.7 Å². The van der Waals surface area contributed by atoms with E-state index in [0.29, 0.717) is 5.08 Å². The summed E-state index contributed by atoms with van der Waals surface area (Å²) in [5, 5.41) is 0.319. The van der Waals surface area contributed by atoms with Gasteiger partial charge in [-0.05, 0) is 0 Å². The topological polar surface area (TPSA) is 68.3 Å². The minimum absolute atomic E-state index is 0.319. The minimum atomic E-state index is -3.49. The highest BCUT2D eigenvalue weighted by atomic mass is 32.3. The van der Waals surface area contributed by atoms with Gasteiger partial charge in [-0.15, -0.1) is 0 Å². The molecule has 55 valence electrons. The van der Waals surface area contributed by atoms with E-state index in [1.807, 2.05) is 0 Å². The van der Waals surface area contributed by atoms with Crippen molar-refractivity contribution >= 4 is 19.7 Å². The summed E-state index contributed by atoms with van der Waals surface area (Å²) in [6.07, 6.45) is 1.65. The molecule has 4 nitrogen and oxygen atoms in total. The molecule has 0 rings (SSSR count). The summed E-state index contributed by atoms with van der Waals surface area (Å²) in [5.74, 6) is 0. The maximum absolute atomic E-state index is 10.2. The van der Waals surface area contributed by atoms with Crippen LogP contribution in [0.5, 0.6) is 0 Å². The monoisotopic (exact) mass is 171 g/mol. The maximum Gasteiger partial charge on any atom is 0.193 e. The van der Waals surface area contributed by atoms with E-state index >= 15 is 0 Å². The molecule has 6 heteroatoms. The first-order valence-electron chi connectivity index (χ1n) is 1.95. The molecule has 0 bridgehead atoms. The van der Waals surface area contributed by atoms with Crippen LogP contribution in [0.25, 0.3) is 0 Å². The van der Waals surface area contributed by atoms with Crippen LogP contribution in [0.15, 0.2) is 0 Å². The summed E-state index contributed by atoms with van der Waals surface area (Å²) in [6, 6.07) is 0. The van der Waals surface area contributed by atoms with Crippen molar-refractivity contribution in [2.75, 3.05) is 12.5 Å². The van der Waals surface area contributed by atoms with E-state index in [9.17, 15) is 16.8 Å². The second-order valence-electron chi connectivity index (χ2n) is 1.76. The lowest BCUT2D eigenvalue weighted by molar-refractivity contribution is 0.600. The number of hydrogen-bond donors (Lipinski definition) is 0. The van der Waals surface area contributed by atoms with Crippen LogP contribution in [0.2, 0.25) is 0 Å². The molecule has 9 heavy (non-hydrogen) atoms. The maximum atomic E-state index is 10.2. The minimum Gasteiger partial charge on any atom is -0.228 e. The van der Waals surface area contributed by atoms with Gasteiger partial charge in [0.05, 0.1) is 0 Å². The Kier molecular flexibility index (Phi) is 2.24. The Hall–Kier alpha value is -0.100. The fourth-order valence-corrected chi connectivity index (χ4v) is 2.86. The Morgan fingerprint density at radius 3 is 1.11 bits per heavy atom. The molecule has 0 aromatic carbocycles. The average Bonchev–Trinajstić information content (AvgIpc) is 1.14. The van der Waals surface area contributed by atoms with Crippen LogP contribution >= 0.6 is 0 Å². The first-order valence-corrected chi connectivity index (χ1v) is 5.86. The van der Waals surface area contributed by atoms with Crippen molar-refractivity contribution < 1.29 is 16.8 Å². The Morgan fingerprint density at radius 2 is 1.11 bits per heavy atom. The molecule has 0 saturated carbocycles. The predicted molar refractivity (Wildman–Crippen MR) is 34.0 cm³/mol. The molecule has 0 saturated heterocycles. The zero-order valence-electron chi connectivity index (χ0n) is 5.03. The molecular formula is C3H7O4S2. The molecule has 0 aromatic heterocycles. The third-order valence-corrected chi connectivity index (χ3v) is 3.15. The predicted octanol–water partition coefficient (Wildman–Crippen LogP) is -0.805. The normalized spacial score (nSPS) is 13.6. The van der Waals surface area contributed by atoms with Gasteiger partial charge in [0.1, 0.15) is 0 Å². The highest BCUT2D eigenvalue weighted by molar-refractivity contribution is 8.10. The van der Waals surface area contributed by atoms with E-state index in [2.05, 4.69) is 0 Å². The molecule has 0 aliphatic carbocycles. The van der Waals surface area contributed by atoms with E-state index < -0.39 is 19.7 Å². The molecule has 1 radical (unpaired) electrons. The van der Waals surface area contributed by atoms with Crippen molar-refractivity contribution in [1.29, 1.82) is 0 Å². The summed E-state index contributed by atoms with van der Waals surface area (Å²) in [7, 11) is -6.99. The molecule has 0 heterocycles. The Morgan fingerprint density at radius 1 is 0.889 bits per heavy atom. The van der Waals surface area contributed by atoms with Crippen molar-refractivity contribution in [3.63, 3.8) is 0 Å². The largest absolute Gasteiger partial charge is 0.228 e. The third-order valence-electron chi connectivity index (χ3n) is 0.350. The smallest absolute Gasteiger partial charge is 0.193 e. The molecule has 0 spiro atoms. The first-order chi connectivity index (χ1) is 3.71. The fraction of sp³-hybridized carbons (Fsp3) is 0.667. The van der Waals surface area contributed by atoms with Crippen molar-refractivity contribution in [3.8, 4) is 0 Å². The van der Waals surface area contributed by atoms with Gasteiger partial charge in [0.25, 0.3) is 0 Å². The highest BCUT2D eigenvalue weighted by Gasteiger charge is 2.12. The third kappa shape index (κ3) is 7.90. The van der Waals surface area contributed by atoms with Gasteiger partial charge in [0.15, 0.2) is 24.8 Å². The van der Waals surface area contributed by atoms with Gasteiger partial charge >= 0.3 is 0 Å². The molecule has 0 aliphatic rings. The van der Waals surface area contributed by atoms with Gasteiger partial charge in [0.2, 0.25) is 0 Å². The van der Waals surface area contributed by atoms with E-state index in [4.69, 9.17) is 0 Å². The standard InChI is InChI=1S/C3H7O4S2/c1-8(4,5)3-9(2,6)7/h3H,1-2H3. The molecular weight excluding hydrogens is 164 g/mol. The SMILES string of the molecule is CS(=O)(=O)[CH]S(C)(=O)=O. The average molecular weight is 171 g/mol. The summed E-state index contributed by atoms with van der Waals surface area (Å²) >= 11 is 0. The van der Waals surface area contributed by atoms with E-state index in [1.54, 1.807) is 0 Å². The molecule has 0 fully saturated rings. The van der Waals surface area contributed by atoms with Gasteiger partial charge < -0.3 is 0 Å². The van der Waals surface area contributed by atoms with Crippen molar-refractivity contribution in [2.24, 2.45) is 0 Å². The summed E-state index contributed by atoms with van der Waals surface area (Å²) in [4.78, 5) is 0. The molecule has 0 aromatic rings. The van der Waals surface area contributed by atoms with Crippen LogP contribution in [-0.4, -0.2) is 29.3 Å². The second kappa shape index (κ2) is 2.26. The Balaban J connectivity index is 4.46. The Bertz CT molecular complexity index is 239. The molecule has 0 atom stereocenters. The van der Waals surface area contributed by atoms with Crippen molar-refractivity contribution in [2.45, 2.75) is 0 Å². The van der Waals surface area contributed by atoms with Gasteiger partial charge in [-0.3, -0.25) is 0 Å². The van der Waals surface area contributed by atoms with Crippen molar-refractivity contribution in [3.05, 3.63) is 5.08 Å². The summed E-state index contributed by atoms with van der Waals surface area (Å²) in [6.45, 7) is 0. The lowest BCUT2D eigenvalue weighted by Gasteiger charge is -1.90. The van der Waals surface area contributed by atoms with Crippen LogP contribution < -0.4 is 0 Å². The lowest BCUT2D eigenvalue weighted by atomic mass is 11.9. The van der Waals surface area contributed by atoms with Gasteiger partial charge in [-0.1, -0.05) is 0 Å². The second-order valence-corrected chi connectivity index (χ2v) is 5.84. The van der Waals surface area contributed by atoms with Crippen LogP contribution in [0.4, 0.5) is 0 Å². The fourth-order valence-electron chi connectivity index (χ4n) is 0.318. The van der Waals surface area contributed by atoms with E-state index in [0.717, 1.165) is 12.5 Å². The molecule has 0 aliphatic heterocycles. The number of hydrogen-bond acceptors (Lipinski definition) is 4. The highest BCUT2D eigenvalue weighted by Crippen LogP contribution is 1.96. The van der Waals surface area contributed by atoms with Crippen LogP contribution in [-0.2, 0) is 19.7 Å². The summed E-state index contributed by atoms with van der Waals surface area (Å²) in [5.41, 5.74) is 0. The van der Waals surface area contributed by atoms with E-state index in [1.165, 1.54) is 0 Å². The van der Waals surface area contributed by atoms with Gasteiger partial charge in [-0.25, -0.2) is 16.8 Å². The van der Waals surface area contributed by atoms with Crippen LogP contribution in [0, 0.1) is 5.08 Å². The van der Waals surface area contributed by atoms with Crippen LogP contribution in [0.3, 0.4) is 0 Å². The molecule has 0 N–H and O–H groups in total. The van der Waals surface area contributed by atoms with E-state index in [-0.39, 0.29) is 0 Å². The number of sulfone groups is 2. The zero-order valence-corrected chi connectivity index (χ0v) is 6.66. The molecule has 0 amide bonds. The first kappa shape index (κ1) is 8.90. The molecule has 0 unspecified atom stereocenters. The van der Waals surface area contributed by atoms with Gasteiger partial charge in [-0.2, -0.15) is 0 Å². The zero-order chi connectivity index (χ0) is 7.71.